The number of ether oxygens (including phenoxy) is 1. The predicted octanol–water partition coefficient (Wildman–Crippen LogP) is 1.83. The van der Waals surface area contributed by atoms with Gasteiger partial charge in [-0.05, 0) is 38.8 Å². The fraction of sp³-hybridized carbons (Fsp3) is 0.556. The molecule has 0 spiro atoms. The predicted molar refractivity (Wildman–Crippen MR) is 99.7 cm³/mol. The fourth-order valence-corrected chi connectivity index (χ4v) is 4.63. The highest BCUT2D eigenvalue weighted by molar-refractivity contribution is 7.88. The number of benzene rings is 1. The monoisotopic (exact) mass is 398 g/mol. The van der Waals surface area contributed by atoms with Gasteiger partial charge in [0.25, 0.3) is 0 Å². The Morgan fingerprint density at radius 2 is 1.85 bits per heavy atom. The third-order valence-electron chi connectivity index (χ3n) is 4.22. The molecule has 0 aromatic heterocycles. The first-order chi connectivity index (χ1) is 12.4. The lowest BCUT2D eigenvalue weighted by Gasteiger charge is -2.38. The van der Waals surface area contributed by atoms with Gasteiger partial charge in [-0.25, -0.2) is 13.2 Å². The summed E-state index contributed by atoms with van der Waals surface area (Å²) < 4.78 is 31.9. The lowest BCUT2D eigenvalue weighted by atomic mass is 10.1. The van der Waals surface area contributed by atoms with Crippen LogP contribution in [0.3, 0.4) is 0 Å². The second kappa shape index (κ2) is 7.85. The molecule has 0 bridgehead atoms. The van der Waals surface area contributed by atoms with Gasteiger partial charge in [-0.3, -0.25) is 4.79 Å². The van der Waals surface area contributed by atoms with Crippen LogP contribution in [-0.2, 0) is 25.3 Å². The van der Waals surface area contributed by atoms with E-state index >= 15 is 0 Å². The first-order valence-electron chi connectivity index (χ1n) is 8.65. The molecule has 1 heterocycles. The fourth-order valence-electron chi connectivity index (χ4n) is 2.84. The van der Waals surface area contributed by atoms with Crippen molar-refractivity contribution in [2.24, 2.45) is 0 Å². The Bertz CT molecular complexity index is 815. The van der Waals surface area contributed by atoms with Crippen LogP contribution in [0, 0.1) is 6.92 Å². The Hall–Kier alpha value is -2.13. The van der Waals surface area contributed by atoms with Crippen LogP contribution >= 0.6 is 0 Å². The number of rotatable bonds is 4. The molecular weight excluding hydrogens is 372 g/mol. The standard InChI is InChI=1S/C18H26N2O6S/c1-13-7-5-6-8-14(13)12-27(24,25)20-10-9-19(11-15(20)16(21)22)17(23)26-18(2,3)4/h5-8,15H,9-12H2,1-4H3,(H,21,22)/t15-/m1/s1. The molecule has 0 unspecified atom stereocenters. The molecule has 1 saturated heterocycles. The molecule has 1 aliphatic rings. The average Bonchev–Trinajstić information content (AvgIpc) is 2.54. The van der Waals surface area contributed by atoms with E-state index in [1.54, 1.807) is 45.9 Å². The number of sulfonamides is 1. The van der Waals surface area contributed by atoms with Crippen LogP contribution in [0.4, 0.5) is 4.79 Å². The van der Waals surface area contributed by atoms with E-state index in [-0.39, 0.29) is 25.4 Å². The molecule has 2 rings (SSSR count). The van der Waals surface area contributed by atoms with Gasteiger partial charge in [-0.2, -0.15) is 4.31 Å². The average molecular weight is 398 g/mol. The van der Waals surface area contributed by atoms with Crippen LogP contribution in [-0.4, -0.2) is 66.1 Å². The number of aliphatic carboxylic acids is 1. The number of amides is 1. The van der Waals surface area contributed by atoms with Gasteiger partial charge in [-0.1, -0.05) is 24.3 Å². The second-order valence-electron chi connectivity index (χ2n) is 7.57. The van der Waals surface area contributed by atoms with Crippen molar-refractivity contribution in [1.29, 1.82) is 0 Å². The van der Waals surface area contributed by atoms with Gasteiger partial charge < -0.3 is 14.7 Å². The molecule has 1 fully saturated rings. The summed E-state index contributed by atoms with van der Waals surface area (Å²) in [6, 6.07) is 5.72. The minimum atomic E-state index is -3.86. The van der Waals surface area contributed by atoms with Crippen molar-refractivity contribution in [1.82, 2.24) is 9.21 Å². The maximum atomic E-state index is 12.9. The van der Waals surface area contributed by atoms with E-state index in [0.29, 0.717) is 5.56 Å². The molecule has 8 nitrogen and oxygen atoms in total. The van der Waals surface area contributed by atoms with Crippen LogP contribution in [0.15, 0.2) is 24.3 Å². The smallest absolute Gasteiger partial charge is 0.410 e. The topological polar surface area (TPSA) is 104 Å². The number of nitrogens with zero attached hydrogens (tertiary/aromatic N) is 2. The van der Waals surface area contributed by atoms with Crippen molar-refractivity contribution < 1.29 is 27.9 Å². The van der Waals surface area contributed by atoms with Crippen LogP contribution in [0.5, 0.6) is 0 Å². The summed E-state index contributed by atoms with van der Waals surface area (Å²) in [5, 5.41) is 9.54. The summed E-state index contributed by atoms with van der Waals surface area (Å²) in [6.45, 7) is 6.67. The van der Waals surface area contributed by atoms with Crippen molar-refractivity contribution in [3.8, 4) is 0 Å². The Kier molecular flexibility index (Phi) is 6.16. The maximum absolute atomic E-state index is 12.9. The summed E-state index contributed by atoms with van der Waals surface area (Å²) in [7, 11) is -3.86. The largest absolute Gasteiger partial charge is 0.480 e. The van der Waals surface area contributed by atoms with Gasteiger partial charge in [0.05, 0.1) is 12.3 Å². The SMILES string of the molecule is Cc1ccccc1CS(=O)(=O)N1CCN(C(=O)OC(C)(C)C)C[C@@H]1C(=O)O. The summed E-state index contributed by atoms with van der Waals surface area (Å²) in [4.78, 5) is 25.2. The van der Waals surface area contributed by atoms with E-state index < -0.39 is 33.7 Å². The van der Waals surface area contributed by atoms with Crippen molar-refractivity contribution in [3.63, 3.8) is 0 Å². The third kappa shape index (κ3) is 5.43. The molecule has 0 radical (unpaired) electrons. The number of carbonyl (C=O) groups is 2. The number of hydrogen-bond acceptors (Lipinski definition) is 5. The maximum Gasteiger partial charge on any atom is 0.410 e. The number of carboxylic acid groups (broad SMARTS) is 1. The highest BCUT2D eigenvalue weighted by atomic mass is 32.2. The lowest BCUT2D eigenvalue weighted by Crippen LogP contribution is -2.59. The van der Waals surface area contributed by atoms with Gasteiger partial charge in [0, 0.05) is 13.1 Å². The molecule has 27 heavy (non-hydrogen) atoms. The van der Waals surface area contributed by atoms with Crippen molar-refractivity contribution in [3.05, 3.63) is 35.4 Å². The number of carbonyl (C=O) groups excluding carboxylic acids is 1. The van der Waals surface area contributed by atoms with Gasteiger partial charge >= 0.3 is 12.1 Å². The molecule has 150 valence electrons. The first kappa shape index (κ1) is 21.2. The molecule has 1 atom stereocenters. The minimum absolute atomic E-state index is 0.0751. The highest BCUT2D eigenvalue weighted by Crippen LogP contribution is 2.21. The van der Waals surface area contributed by atoms with Crippen molar-refractivity contribution >= 4 is 22.1 Å². The third-order valence-corrected chi connectivity index (χ3v) is 6.05. The van der Waals surface area contributed by atoms with Crippen molar-refractivity contribution in [2.75, 3.05) is 19.6 Å². The van der Waals surface area contributed by atoms with Crippen molar-refractivity contribution in [2.45, 2.75) is 45.1 Å². The van der Waals surface area contributed by atoms with Crippen LogP contribution in [0.25, 0.3) is 0 Å². The quantitative estimate of drug-likeness (QED) is 0.830. The molecule has 1 N–H and O–H groups in total. The molecule has 0 saturated carbocycles. The summed E-state index contributed by atoms with van der Waals surface area (Å²) in [5.74, 6) is -1.58. The Morgan fingerprint density at radius 3 is 2.41 bits per heavy atom. The zero-order valence-electron chi connectivity index (χ0n) is 16.0. The zero-order valence-corrected chi connectivity index (χ0v) is 16.8. The van der Waals surface area contributed by atoms with Gasteiger partial charge in [-0.15, -0.1) is 0 Å². The van der Waals surface area contributed by atoms with Gasteiger partial charge in [0.1, 0.15) is 11.6 Å². The summed E-state index contributed by atoms with van der Waals surface area (Å²) >= 11 is 0. The van der Waals surface area contributed by atoms with Gasteiger partial charge in [0.2, 0.25) is 10.0 Å². The van der Waals surface area contributed by atoms with E-state index in [9.17, 15) is 23.1 Å². The Morgan fingerprint density at radius 1 is 1.22 bits per heavy atom. The van der Waals surface area contributed by atoms with E-state index in [2.05, 4.69) is 0 Å². The number of hydrogen-bond donors (Lipinski definition) is 1. The summed E-state index contributed by atoms with van der Waals surface area (Å²) in [6.07, 6.45) is -0.648. The Balaban J connectivity index is 2.19. The minimum Gasteiger partial charge on any atom is -0.480 e. The lowest BCUT2D eigenvalue weighted by molar-refractivity contribution is -0.143. The molecule has 1 amide bonds. The van der Waals surface area contributed by atoms with E-state index in [4.69, 9.17) is 4.74 Å². The summed E-state index contributed by atoms with van der Waals surface area (Å²) in [5.41, 5.74) is 0.723. The van der Waals surface area contributed by atoms with E-state index in [1.165, 1.54) is 4.90 Å². The van der Waals surface area contributed by atoms with Crippen LogP contribution in [0.1, 0.15) is 31.9 Å². The van der Waals surface area contributed by atoms with Gasteiger partial charge in [0.15, 0.2) is 0 Å². The molecule has 1 aromatic carbocycles. The van der Waals surface area contributed by atoms with Crippen LogP contribution < -0.4 is 0 Å². The van der Waals surface area contributed by atoms with E-state index in [1.807, 2.05) is 6.07 Å². The molecule has 9 heteroatoms. The van der Waals surface area contributed by atoms with Crippen LogP contribution in [0.2, 0.25) is 0 Å². The second-order valence-corrected chi connectivity index (χ2v) is 9.50. The molecule has 1 aliphatic heterocycles. The number of carboxylic acids is 1. The number of piperazine rings is 1. The molecule has 1 aromatic rings. The highest BCUT2D eigenvalue weighted by Gasteiger charge is 2.41. The Labute approximate surface area is 159 Å². The molecular formula is C18H26N2O6S. The normalized spacial score (nSPS) is 19.0. The number of aryl methyl sites for hydroxylation is 1. The van der Waals surface area contributed by atoms with E-state index in [0.717, 1.165) is 9.87 Å². The molecule has 0 aliphatic carbocycles. The first-order valence-corrected chi connectivity index (χ1v) is 10.3. The zero-order chi connectivity index (χ0) is 20.4.